The molecule has 2 aliphatic carbocycles. The lowest BCUT2D eigenvalue weighted by Crippen LogP contribution is -2.36. The highest BCUT2D eigenvalue weighted by molar-refractivity contribution is 5.03. The fourth-order valence-electron chi connectivity index (χ4n) is 4.12. The lowest BCUT2D eigenvalue weighted by atomic mass is 9.71. The first-order chi connectivity index (χ1) is 10.0. The Morgan fingerprint density at radius 3 is 2.57 bits per heavy atom. The maximum absolute atomic E-state index is 6.48. The van der Waals surface area contributed by atoms with Crippen LogP contribution in [0.2, 0.25) is 0 Å². The van der Waals surface area contributed by atoms with E-state index in [1.54, 1.807) is 0 Å². The molecule has 0 bridgehead atoms. The van der Waals surface area contributed by atoms with E-state index in [9.17, 15) is 0 Å². The summed E-state index contributed by atoms with van der Waals surface area (Å²) in [6, 6.07) is 3.11. The van der Waals surface area contributed by atoms with Gasteiger partial charge in [-0.25, -0.2) is 0 Å². The van der Waals surface area contributed by atoms with Crippen molar-refractivity contribution < 1.29 is 0 Å². The van der Waals surface area contributed by atoms with Crippen LogP contribution in [0.5, 0.6) is 0 Å². The molecule has 0 aliphatic heterocycles. The van der Waals surface area contributed by atoms with E-state index in [2.05, 4.69) is 30.8 Å². The van der Waals surface area contributed by atoms with E-state index in [4.69, 9.17) is 10.8 Å². The minimum atomic E-state index is 0.285. The summed E-state index contributed by atoms with van der Waals surface area (Å²) in [5, 5.41) is 4.79. The van der Waals surface area contributed by atoms with Gasteiger partial charge in [0.2, 0.25) is 0 Å². The SMILES string of the molecule is CC1(C)CCC(C(N)Cc2ccn(C3CCCC3)n2)CC1. The van der Waals surface area contributed by atoms with Crippen molar-refractivity contribution in [3.63, 3.8) is 0 Å². The van der Waals surface area contributed by atoms with Gasteiger partial charge in [0.05, 0.1) is 11.7 Å². The predicted octanol–water partition coefficient (Wildman–Crippen LogP) is 4.08. The van der Waals surface area contributed by atoms with Gasteiger partial charge in [-0.05, 0) is 55.9 Å². The van der Waals surface area contributed by atoms with E-state index < -0.39 is 0 Å². The molecule has 3 nitrogen and oxygen atoms in total. The van der Waals surface area contributed by atoms with Crippen LogP contribution in [0, 0.1) is 11.3 Å². The zero-order chi connectivity index (χ0) is 14.9. The summed E-state index contributed by atoms with van der Waals surface area (Å²) in [7, 11) is 0. The van der Waals surface area contributed by atoms with Crippen molar-refractivity contribution in [3.8, 4) is 0 Å². The van der Waals surface area contributed by atoms with Crippen LogP contribution >= 0.6 is 0 Å². The first-order valence-corrected chi connectivity index (χ1v) is 8.83. The quantitative estimate of drug-likeness (QED) is 0.907. The van der Waals surface area contributed by atoms with Crippen molar-refractivity contribution in [2.45, 2.75) is 83.7 Å². The Labute approximate surface area is 129 Å². The van der Waals surface area contributed by atoms with Gasteiger partial charge in [-0.2, -0.15) is 5.10 Å². The summed E-state index contributed by atoms with van der Waals surface area (Å²) in [5.74, 6) is 0.689. The van der Waals surface area contributed by atoms with Gasteiger partial charge in [-0.1, -0.05) is 26.7 Å². The van der Waals surface area contributed by atoms with Gasteiger partial charge < -0.3 is 5.73 Å². The van der Waals surface area contributed by atoms with Crippen LogP contribution < -0.4 is 5.73 Å². The summed E-state index contributed by atoms with van der Waals surface area (Å²) in [6.07, 6.45) is 13.6. The van der Waals surface area contributed by atoms with Crippen LogP contribution in [0.1, 0.15) is 76.9 Å². The second-order valence-corrected chi connectivity index (χ2v) is 8.09. The molecule has 0 spiro atoms. The number of nitrogens with zero attached hydrogens (tertiary/aromatic N) is 2. The highest BCUT2D eigenvalue weighted by Gasteiger charge is 2.30. The second kappa shape index (κ2) is 6.12. The Morgan fingerprint density at radius 2 is 1.90 bits per heavy atom. The fourth-order valence-corrected chi connectivity index (χ4v) is 4.12. The van der Waals surface area contributed by atoms with Crippen LogP contribution in [0.25, 0.3) is 0 Å². The molecule has 118 valence electrons. The average Bonchev–Trinajstić information content (AvgIpc) is 3.08. The first kappa shape index (κ1) is 15.1. The van der Waals surface area contributed by atoms with Crippen LogP contribution in [-0.2, 0) is 6.42 Å². The Morgan fingerprint density at radius 1 is 1.24 bits per heavy atom. The summed E-state index contributed by atoms with van der Waals surface area (Å²) in [6.45, 7) is 4.77. The third-order valence-electron chi connectivity index (χ3n) is 5.80. The third kappa shape index (κ3) is 3.68. The smallest absolute Gasteiger partial charge is 0.0640 e. The van der Waals surface area contributed by atoms with Crippen LogP contribution in [0.4, 0.5) is 0 Å². The van der Waals surface area contributed by atoms with Crippen molar-refractivity contribution >= 4 is 0 Å². The van der Waals surface area contributed by atoms with Crippen LogP contribution in [0.3, 0.4) is 0 Å². The van der Waals surface area contributed by atoms with Crippen molar-refractivity contribution in [1.29, 1.82) is 0 Å². The standard InChI is InChI=1S/C18H31N3/c1-18(2)10-7-14(8-11-18)17(19)13-15-9-12-21(20-15)16-5-3-4-6-16/h9,12,14,16-17H,3-8,10-11,13,19H2,1-2H3. The molecule has 1 heterocycles. The van der Waals surface area contributed by atoms with Crippen LogP contribution in [0.15, 0.2) is 12.3 Å². The average molecular weight is 289 g/mol. The van der Waals surface area contributed by atoms with E-state index in [1.165, 1.54) is 57.1 Å². The van der Waals surface area contributed by atoms with Gasteiger partial charge in [0, 0.05) is 18.7 Å². The minimum absolute atomic E-state index is 0.285. The topological polar surface area (TPSA) is 43.8 Å². The number of nitrogens with two attached hydrogens (primary N) is 1. The van der Waals surface area contributed by atoms with Gasteiger partial charge in [0.15, 0.2) is 0 Å². The molecule has 2 aliphatic rings. The molecule has 1 aromatic rings. The summed E-state index contributed by atoms with van der Waals surface area (Å²) in [4.78, 5) is 0. The van der Waals surface area contributed by atoms with Crippen LogP contribution in [-0.4, -0.2) is 15.8 Å². The molecule has 0 radical (unpaired) electrons. The zero-order valence-corrected chi connectivity index (χ0v) is 13.7. The highest BCUT2D eigenvalue weighted by Crippen LogP contribution is 2.39. The van der Waals surface area contributed by atoms with Gasteiger partial charge in [0.25, 0.3) is 0 Å². The number of rotatable bonds is 4. The van der Waals surface area contributed by atoms with Crippen molar-refractivity contribution in [2.75, 3.05) is 0 Å². The molecule has 1 atom stereocenters. The van der Waals surface area contributed by atoms with E-state index in [0.717, 1.165) is 6.42 Å². The molecule has 3 heteroatoms. The van der Waals surface area contributed by atoms with Crippen molar-refractivity contribution in [3.05, 3.63) is 18.0 Å². The Bertz CT molecular complexity index is 447. The maximum atomic E-state index is 6.48. The molecular weight excluding hydrogens is 258 g/mol. The predicted molar refractivity (Wildman–Crippen MR) is 87.2 cm³/mol. The lowest BCUT2D eigenvalue weighted by Gasteiger charge is -2.36. The van der Waals surface area contributed by atoms with E-state index >= 15 is 0 Å². The summed E-state index contributed by atoms with van der Waals surface area (Å²) < 4.78 is 2.19. The molecule has 0 aromatic carbocycles. The molecule has 1 unspecified atom stereocenters. The second-order valence-electron chi connectivity index (χ2n) is 8.09. The highest BCUT2D eigenvalue weighted by atomic mass is 15.3. The Kier molecular flexibility index (Phi) is 4.39. The molecule has 2 saturated carbocycles. The maximum Gasteiger partial charge on any atom is 0.0640 e. The lowest BCUT2D eigenvalue weighted by molar-refractivity contribution is 0.172. The normalized spacial score (nSPS) is 25.3. The summed E-state index contributed by atoms with van der Waals surface area (Å²) >= 11 is 0. The molecule has 2 fully saturated rings. The fraction of sp³-hybridized carbons (Fsp3) is 0.833. The van der Waals surface area contributed by atoms with E-state index in [-0.39, 0.29) is 6.04 Å². The molecule has 21 heavy (non-hydrogen) atoms. The van der Waals surface area contributed by atoms with Gasteiger partial charge >= 0.3 is 0 Å². The van der Waals surface area contributed by atoms with Gasteiger partial charge in [0.1, 0.15) is 0 Å². The first-order valence-electron chi connectivity index (χ1n) is 8.83. The number of aromatic nitrogens is 2. The molecule has 3 rings (SSSR count). The van der Waals surface area contributed by atoms with E-state index in [1.807, 2.05) is 0 Å². The van der Waals surface area contributed by atoms with Gasteiger partial charge in [-0.15, -0.1) is 0 Å². The molecule has 2 N–H and O–H groups in total. The summed E-state index contributed by atoms with van der Waals surface area (Å²) in [5.41, 5.74) is 8.20. The molecule has 0 saturated heterocycles. The number of hydrogen-bond acceptors (Lipinski definition) is 2. The zero-order valence-electron chi connectivity index (χ0n) is 13.7. The number of hydrogen-bond donors (Lipinski definition) is 1. The molecule has 1 aromatic heterocycles. The Hall–Kier alpha value is -0.830. The largest absolute Gasteiger partial charge is 0.327 e. The molecule has 0 amide bonds. The van der Waals surface area contributed by atoms with E-state index in [0.29, 0.717) is 17.4 Å². The van der Waals surface area contributed by atoms with Crippen molar-refractivity contribution in [1.82, 2.24) is 9.78 Å². The van der Waals surface area contributed by atoms with Crippen molar-refractivity contribution in [2.24, 2.45) is 17.1 Å². The Balaban J connectivity index is 1.54. The monoisotopic (exact) mass is 289 g/mol. The molecular formula is C18H31N3. The minimum Gasteiger partial charge on any atom is -0.327 e. The third-order valence-corrected chi connectivity index (χ3v) is 5.80. The van der Waals surface area contributed by atoms with Gasteiger partial charge in [-0.3, -0.25) is 4.68 Å².